The predicted octanol–water partition coefficient (Wildman–Crippen LogP) is 4.56. The second kappa shape index (κ2) is 15.3. The average Bonchev–Trinajstić information content (AvgIpc) is 3.13. The van der Waals surface area contributed by atoms with Gasteiger partial charge in [0.1, 0.15) is 26.1 Å². The van der Waals surface area contributed by atoms with E-state index in [4.69, 9.17) is 11.5 Å². The fourth-order valence-electron chi connectivity index (χ4n) is 5.27. The largest absolute Gasteiger partial charge is 0.397 e. The summed E-state index contributed by atoms with van der Waals surface area (Å²) in [4.78, 5) is 22.4. The summed E-state index contributed by atoms with van der Waals surface area (Å²) in [5.41, 5.74) is 15.2. The van der Waals surface area contributed by atoms with E-state index < -0.39 is 79.0 Å². The van der Waals surface area contributed by atoms with Crippen molar-refractivity contribution >= 4 is 99.2 Å². The smallest absolute Gasteiger partial charge is 0.296 e. The Balaban J connectivity index is 1.33. The lowest BCUT2D eigenvalue weighted by Crippen LogP contribution is -2.28. The maximum atomic E-state index is 13.7. The molecule has 10 N–H and O–H groups in total. The van der Waals surface area contributed by atoms with Crippen LogP contribution in [0.15, 0.2) is 138 Å². The summed E-state index contributed by atoms with van der Waals surface area (Å²) in [6.45, 7) is 0. The second-order valence-corrected chi connectivity index (χ2v) is 16.0. The van der Waals surface area contributed by atoms with Crippen molar-refractivity contribution in [3.63, 3.8) is 0 Å². The number of carbonyl (C=O) groups excluding carboxylic acids is 2. The Kier molecular flexibility index (Phi) is 10.7. The average molecular weight is 834 g/mol. The Bertz CT molecular complexity index is 2890. The van der Waals surface area contributed by atoms with E-state index in [-0.39, 0.29) is 22.9 Å². The van der Waals surface area contributed by atoms with E-state index in [9.17, 15) is 48.5 Å². The van der Waals surface area contributed by atoms with Crippen LogP contribution in [0.2, 0.25) is 0 Å². The standard InChI is InChI=1S/C34H27N9O11S3/c35-24-17-23(44)11-13-25(24)41-38-21-8-6-19(7-9-21)37-26-12-10-22(16-27(26)55(46,47)48)40-42-32-28(56(49,50)51)14-18-15-29(57(52,53)54)33(34(45)30(18)31(32)36)43-39-20-4-2-1-3-5-20/h1-17,37-39H,35-36H2,(H,46,47,48)(H,49,50,51)(H,52,53,54)/b41-25-,42-40?,43-33+. The van der Waals surface area contributed by atoms with Crippen LogP contribution in [0.25, 0.3) is 6.08 Å². The summed E-state index contributed by atoms with van der Waals surface area (Å²) in [5.74, 6) is -1.47. The zero-order chi connectivity index (χ0) is 41.3. The van der Waals surface area contributed by atoms with Crippen LogP contribution >= 0.6 is 0 Å². The number of para-hydroxylation sites is 1. The minimum atomic E-state index is -5.22. The van der Waals surface area contributed by atoms with Gasteiger partial charge in [-0.05, 0) is 84.5 Å². The monoisotopic (exact) mass is 833 g/mol. The number of carbonyl (C=O) groups is 2. The number of azo groups is 1. The maximum absolute atomic E-state index is 13.7. The first-order valence-electron chi connectivity index (χ1n) is 15.8. The molecule has 2 aliphatic carbocycles. The number of allylic oxidation sites excluding steroid dienone is 4. The van der Waals surface area contributed by atoms with E-state index in [1.807, 2.05) is 0 Å². The normalized spacial score (nSPS) is 16.1. The van der Waals surface area contributed by atoms with E-state index in [1.165, 1.54) is 42.5 Å². The molecular formula is C34H27N9O11S3. The van der Waals surface area contributed by atoms with Crippen LogP contribution in [0, 0.1) is 0 Å². The molecule has 0 aromatic heterocycles. The maximum Gasteiger partial charge on any atom is 0.296 e. The first-order chi connectivity index (χ1) is 26.8. The highest BCUT2D eigenvalue weighted by molar-refractivity contribution is 7.91. The van der Waals surface area contributed by atoms with Gasteiger partial charge in [0.2, 0.25) is 5.78 Å². The SMILES string of the molecule is NC1=CC(=O)C=C/C1=N/Nc1ccc(Nc2ccc(N=Nc3c(S(=O)(=O)O)cc4c(c3N)C(=O)/C(=N/Nc3ccccc3)C(S(=O)(=O)O)=C4)cc2S(=O)(=O)O)cc1. The number of nitrogen functional groups attached to an aromatic ring is 1. The fraction of sp³-hybridized carbons (Fsp3) is 0. The van der Waals surface area contributed by atoms with E-state index in [0.29, 0.717) is 28.8 Å². The number of fused-ring (bicyclic) bond motifs is 1. The third-order valence-corrected chi connectivity index (χ3v) is 10.5. The Morgan fingerprint density at radius 1 is 0.632 bits per heavy atom. The topological polar surface area (TPSA) is 335 Å². The van der Waals surface area contributed by atoms with Crippen LogP contribution in [0.5, 0.6) is 0 Å². The minimum Gasteiger partial charge on any atom is -0.397 e. The summed E-state index contributed by atoms with van der Waals surface area (Å²) >= 11 is 0. The number of benzene rings is 4. The van der Waals surface area contributed by atoms with Gasteiger partial charge in [0.05, 0.1) is 39.7 Å². The molecule has 0 heterocycles. The van der Waals surface area contributed by atoms with Gasteiger partial charge in [0, 0.05) is 11.8 Å². The van der Waals surface area contributed by atoms with Gasteiger partial charge in [-0.2, -0.15) is 40.6 Å². The molecule has 0 aliphatic heterocycles. The van der Waals surface area contributed by atoms with Gasteiger partial charge in [-0.15, -0.1) is 5.11 Å². The lowest BCUT2D eigenvalue weighted by molar-refractivity contribution is -0.110. The molecule has 20 nitrogen and oxygen atoms in total. The molecule has 0 atom stereocenters. The Labute approximate surface area is 323 Å². The van der Waals surface area contributed by atoms with Gasteiger partial charge in [-0.3, -0.25) is 34.1 Å². The van der Waals surface area contributed by atoms with Crippen molar-refractivity contribution in [2.75, 3.05) is 21.9 Å². The molecule has 0 bridgehead atoms. The molecule has 6 rings (SSSR count). The number of rotatable bonds is 11. The van der Waals surface area contributed by atoms with Crippen LogP contribution in [0.1, 0.15) is 15.9 Å². The molecule has 0 saturated heterocycles. The van der Waals surface area contributed by atoms with Crippen molar-refractivity contribution in [3.05, 3.63) is 119 Å². The highest BCUT2D eigenvalue weighted by Crippen LogP contribution is 2.41. The third-order valence-electron chi connectivity index (χ3n) is 7.90. The molecule has 4 aromatic rings. The molecule has 23 heteroatoms. The van der Waals surface area contributed by atoms with Crippen LogP contribution in [0.4, 0.5) is 39.8 Å². The van der Waals surface area contributed by atoms with E-state index in [0.717, 1.165) is 12.1 Å². The van der Waals surface area contributed by atoms with Crippen molar-refractivity contribution < 1.29 is 48.5 Å². The Morgan fingerprint density at radius 3 is 1.89 bits per heavy atom. The summed E-state index contributed by atoms with van der Waals surface area (Å²) in [6, 6.07) is 18.2. The van der Waals surface area contributed by atoms with Crippen LogP contribution in [0.3, 0.4) is 0 Å². The molecule has 0 spiro atoms. The Hall–Kier alpha value is -6.89. The van der Waals surface area contributed by atoms with Crippen molar-refractivity contribution in [2.24, 2.45) is 26.2 Å². The number of anilines is 5. The molecule has 292 valence electrons. The van der Waals surface area contributed by atoms with Gasteiger partial charge >= 0.3 is 0 Å². The first-order valence-corrected chi connectivity index (χ1v) is 20.1. The first kappa shape index (κ1) is 39.8. The number of nitrogens with one attached hydrogen (secondary N) is 3. The van der Waals surface area contributed by atoms with E-state index in [1.54, 1.807) is 42.5 Å². The number of nitrogens with zero attached hydrogens (tertiary/aromatic N) is 4. The minimum absolute atomic E-state index is 0.123. The van der Waals surface area contributed by atoms with Crippen molar-refractivity contribution in [2.45, 2.75) is 9.79 Å². The number of ketones is 2. The van der Waals surface area contributed by atoms with Crippen molar-refractivity contribution in [1.82, 2.24) is 0 Å². The Morgan fingerprint density at radius 2 is 1.26 bits per heavy atom. The summed E-state index contributed by atoms with van der Waals surface area (Å²) < 4.78 is 104. The van der Waals surface area contributed by atoms with E-state index in [2.05, 4.69) is 36.6 Å². The predicted molar refractivity (Wildman–Crippen MR) is 210 cm³/mol. The molecular weight excluding hydrogens is 807 g/mol. The number of hydrogen-bond acceptors (Lipinski definition) is 17. The number of Topliss-reactive ketones (excluding diaryl/α,β-unsaturated/α-hetero) is 1. The van der Waals surface area contributed by atoms with Crippen molar-refractivity contribution in [3.8, 4) is 0 Å². The van der Waals surface area contributed by atoms with E-state index >= 15 is 0 Å². The molecule has 0 radical (unpaired) electrons. The zero-order valence-corrected chi connectivity index (χ0v) is 31.0. The molecule has 2 aliphatic rings. The molecule has 0 amide bonds. The van der Waals surface area contributed by atoms with Gasteiger partial charge in [0.15, 0.2) is 11.5 Å². The highest BCUT2D eigenvalue weighted by atomic mass is 32.2. The summed E-state index contributed by atoms with van der Waals surface area (Å²) in [6.07, 6.45) is 4.68. The van der Waals surface area contributed by atoms with Crippen LogP contribution in [-0.4, -0.2) is 61.9 Å². The fourth-order valence-corrected chi connectivity index (χ4v) is 7.27. The molecule has 4 aromatic carbocycles. The summed E-state index contributed by atoms with van der Waals surface area (Å²) in [7, 11) is -15.3. The lowest BCUT2D eigenvalue weighted by Gasteiger charge is -2.20. The summed E-state index contributed by atoms with van der Waals surface area (Å²) in [5, 5.41) is 18.4. The van der Waals surface area contributed by atoms with Gasteiger partial charge in [-0.1, -0.05) is 18.2 Å². The van der Waals surface area contributed by atoms with Gasteiger partial charge < -0.3 is 16.8 Å². The molecule has 57 heavy (non-hydrogen) atoms. The third kappa shape index (κ3) is 8.99. The second-order valence-electron chi connectivity index (χ2n) is 11.8. The van der Waals surface area contributed by atoms with Crippen LogP contribution in [-0.2, 0) is 35.1 Å². The zero-order valence-electron chi connectivity index (χ0n) is 28.6. The number of hydrazone groups is 2. The lowest BCUT2D eigenvalue weighted by atomic mass is 9.92. The van der Waals surface area contributed by atoms with Crippen molar-refractivity contribution in [1.29, 1.82) is 0 Å². The van der Waals surface area contributed by atoms with Gasteiger partial charge in [0.25, 0.3) is 30.4 Å². The molecule has 0 saturated carbocycles. The highest BCUT2D eigenvalue weighted by Gasteiger charge is 2.37. The number of nitrogens with two attached hydrogens (primary N) is 2. The quantitative estimate of drug-likeness (QED) is 0.0337. The molecule has 0 unspecified atom stereocenters. The van der Waals surface area contributed by atoms with Crippen LogP contribution < -0.4 is 27.6 Å². The molecule has 0 fully saturated rings. The number of hydrogen-bond donors (Lipinski definition) is 8. The van der Waals surface area contributed by atoms with Gasteiger partial charge in [-0.25, -0.2) is 0 Å².